The first-order chi connectivity index (χ1) is 7.26. The lowest BCUT2D eigenvalue weighted by atomic mass is 9.83. The Kier molecular flexibility index (Phi) is 3.55. The molecule has 2 saturated carbocycles. The van der Waals surface area contributed by atoms with Crippen molar-refractivity contribution in [2.75, 3.05) is 12.4 Å². The number of halogens is 1. The van der Waals surface area contributed by atoms with Gasteiger partial charge in [-0.25, -0.2) is 0 Å². The van der Waals surface area contributed by atoms with Gasteiger partial charge in [0.05, 0.1) is 0 Å². The molecule has 3 heteroatoms. The summed E-state index contributed by atoms with van der Waals surface area (Å²) in [6.45, 7) is 0.797. The van der Waals surface area contributed by atoms with Crippen LogP contribution in [0.15, 0.2) is 0 Å². The summed E-state index contributed by atoms with van der Waals surface area (Å²) in [5, 5.41) is 3.09. The molecule has 2 nitrogen and oxygen atoms in total. The fourth-order valence-electron chi connectivity index (χ4n) is 2.57. The van der Waals surface area contributed by atoms with Gasteiger partial charge in [0.15, 0.2) is 0 Å². The summed E-state index contributed by atoms with van der Waals surface area (Å²) in [7, 11) is 0. The Morgan fingerprint density at radius 2 is 1.93 bits per heavy atom. The van der Waals surface area contributed by atoms with Crippen molar-refractivity contribution >= 4 is 17.5 Å². The largest absolute Gasteiger partial charge is 0.355 e. The summed E-state index contributed by atoms with van der Waals surface area (Å²) in [5.74, 6) is 1.26. The number of rotatable bonds is 4. The third-order valence-electron chi connectivity index (χ3n) is 4.06. The second-order valence-electron chi connectivity index (χ2n) is 5.19. The van der Waals surface area contributed by atoms with Crippen LogP contribution in [0.5, 0.6) is 0 Å². The van der Waals surface area contributed by atoms with E-state index in [1.54, 1.807) is 0 Å². The van der Waals surface area contributed by atoms with Crippen LogP contribution in [0, 0.1) is 11.3 Å². The zero-order valence-corrected chi connectivity index (χ0v) is 9.98. The Morgan fingerprint density at radius 1 is 1.27 bits per heavy atom. The molecule has 0 spiro atoms. The normalized spacial score (nSPS) is 24.9. The molecule has 0 aromatic heterocycles. The molecule has 0 atom stereocenters. The van der Waals surface area contributed by atoms with Gasteiger partial charge in [0.25, 0.3) is 0 Å². The standard InChI is InChI=1S/C12H20ClNO/c13-8-12(6-1-2-7-12)9-14-11(15)10-4-3-5-10/h10H,1-9H2,(H,14,15). The molecular weight excluding hydrogens is 210 g/mol. The van der Waals surface area contributed by atoms with E-state index in [-0.39, 0.29) is 11.3 Å². The number of amides is 1. The van der Waals surface area contributed by atoms with E-state index in [2.05, 4.69) is 5.32 Å². The third kappa shape index (κ3) is 2.47. The highest BCUT2D eigenvalue weighted by atomic mass is 35.5. The summed E-state index contributed by atoms with van der Waals surface area (Å²) in [6.07, 6.45) is 8.29. The monoisotopic (exact) mass is 229 g/mol. The Hall–Kier alpha value is -0.240. The minimum Gasteiger partial charge on any atom is -0.355 e. The number of alkyl halides is 1. The SMILES string of the molecule is O=C(NCC1(CCl)CCCC1)C1CCC1. The van der Waals surface area contributed by atoms with Crippen LogP contribution in [0.4, 0.5) is 0 Å². The Labute approximate surface area is 96.8 Å². The van der Waals surface area contributed by atoms with Gasteiger partial charge in [-0.3, -0.25) is 4.79 Å². The molecule has 2 rings (SSSR count). The zero-order valence-electron chi connectivity index (χ0n) is 9.23. The lowest BCUT2D eigenvalue weighted by Gasteiger charge is -2.30. The number of hydrogen-bond donors (Lipinski definition) is 1. The van der Waals surface area contributed by atoms with Crippen LogP contribution in [0.3, 0.4) is 0 Å². The first-order valence-electron chi connectivity index (χ1n) is 6.09. The molecule has 1 N–H and O–H groups in total. The highest BCUT2D eigenvalue weighted by molar-refractivity contribution is 6.18. The van der Waals surface area contributed by atoms with Crippen LogP contribution in [0.25, 0.3) is 0 Å². The van der Waals surface area contributed by atoms with Gasteiger partial charge in [0, 0.05) is 23.8 Å². The van der Waals surface area contributed by atoms with E-state index in [4.69, 9.17) is 11.6 Å². The number of nitrogens with one attached hydrogen (secondary N) is 1. The molecule has 0 aromatic rings. The number of hydrogen-bond acceptors (Lipinski definition) is 1. The summed E-state index contributed by atoms with van der Waals surface area (Å²) in [5.41, 5.74) is 0.209. The van der Waals surface area contributed by atoms with E-state index >= 15 is 0 Å². The fraction of sp³-hybridized carbons (Fsp3) is 0.917. The quantitative estimate of drug-likeness (QED) is 0.738. The molecule has 0 aliphatic heterocycles. The van der Waals surface area contributed by atoms with Crippen molar-refractivity contribution in [1.82, 2.24) is 5.32 Å². The van der Waals surface area contributed by atoms with E-state index in [0.717, 1.165) is 19.4 Å². The van der Waals surface area contributed by atoms with Crippen molar-refractivity contribution < 1.29 is 4.79 Å². The van der Waals surface area contributed by atoms with Crippen LogP contribution < -0.4 is 5.32 Å². The average Bonchev–Trinajstić information content (AvgIpc) is 2.61. The Bertz CT molecular complexity index is 232. The number of carbonyl (C=O) groups is 1. The van der Waals surface area contributed by atoms with Crippen molar-refractivity contribution in [2.45, 2.75) is 44.9 Å². The Balaban J connectivity index is 1.77. The maximum absolute atomic E-state index is 11.7. The van der Waals surface area contributed by atoms with E-state index in [1.807, 2.05) is 0 Å². The molecule has 0 heterocycles. The molecule has 0 saturated heterocycles. The van der Waals surface area contributed by atoms with Crippen LogP contribution in [-0.2, 0) is 4.79 Å². The molecule has 15 heavy (non-hydrogen) atoms. The van der Waals surface area contributed by atoms with E-state index in [1.165, 1.54) is 32.1 Å². The minimum absolute atomic E-state index is 0.209. The lowest BCUT2D eigenvalue weighted by Crippen LogP contribution is -2.41. The highest BCUT2D eigenvalue weighted by Gasteiger charge is 2.34. The topological polar surface area (TPSA) is 29.1 Å². The van der Waals surface area contributed by atoms with E-state index in [0.29, 0.717) is 11.8 Å². The van der Waals surface area contributed by atoms with Gasteiger partial charge in [-0.05, 0) is 25.7 Å². The summed E-state index contributed by atoms with van der Waals surface area (Å²) < 4.78 is 0. The van der Waals surface area contributed by atoms with Gasteiger partial charge in [-0.2, -0.15) is 0 Å². The number of carbonyl (C=O) groups excluding carboxylic acids is 1. The van der Waals surface area contributed by atoms with Crippen LogP contribution in [-0.4, -0.2) is 18.3 Å². The molecule has 0 bridgehead atoms. The molecule has 2 aliphatic carbocycles. The van der Waals surface area contributed by atoms with Crippen LogP contribution in [0.1, 0.15) is 44.9 Å². The maximum Gasteiger partial charge on any atom is 0.223 e. The predicted molar refractivity (Wildman–Crippen MR) is 62.0 cm³/mol. The van der Waals surface area contributed by atoms with Crippen molar-refractivity contribution in [2.24, 2.45) is 11.3 Å². The predicted octanol–water partition coefficient (Wildman–Crippen LogP) is 2.70. The molecular formula is C12H20ClNO. The summed E-state index contributed by atoms with van der Waals surface area (Å²) in [6, 6.07) is 0. The van der Waals surface area contributed by atoms with Gasteiger partial charge in [-0.15, -0.1) is 11.6 Å². The molecule has 0 aromatic carbocycles. The van der Waals surface area contributed by atoms with Gasteiger partial charge in [0.1, 0.15) is 0 Å². The smallest absolute Gasteiger partial charge is 0.223 e. The maximum atomic E-state index is 11.7. The summed E-state index contributed by atoms with van der Waals surface area (Å²) >= 11 is 6.02. The van der Waals surface area contributed by atoms with Crippen molar-refractivity contribution in [3.05, 3.63) is 0 Å². The van der Waals surface area contributed by atoms with Crippen molar-refractivity contribution in [3.63, 3.8) is 0 Å². The summed E-state index contributed by atoms with van der Waals surface area (Å²) in [4.78, 5) is 11.7. The van der Waals surface area contributed by atoms with Gasteiger partial charge >= 0.3 is 0 Å². The van der Waals surface area contributed by atoms with E-state index in [9.17, 15) is 4.79 Å². The van der Waals surface area contributed by atoms with Crippen LogP contribution in [0.2, 0.25) is 0 Å². The zero-order chi connectivity index (χ0) is 10.7. The molecule has 1 amide bonds. The first kappa shape index (κ1) is 11.3. The molecule has 2 aliphatic rings. The van der Waals surface area contributed by atoms with Gasteiger partial charge < -0.3 is 5.32 Å². The first-order valence-corrected chi connectivity index (χ1v) is 6.63. The third-order valence-corrected chi connectivity index (χ3v) is 4.63. The van der Waals surface area contributed by atoms with Crippen LogP contribution >= 0.6 is 11.6 Å². The Morgan fingerprint density at radius 3 is 2.40 bits per heavy atom. The van der Waals surface area contributed by atoms with Crippen molar-refractivity contribution in [3.8, 4) is 0 Å². The van der Waals surface area contributed by atoms with Crippen molar-refractivity contribution in [1.29, 1.82) is 0 Å². The lowest BCUT2D eigenvalue weighted by molar-refractivity contribution is -0.127. The van der Waals surface area contributed by atoms with Gasteiger partial charge in [-0.1, -0.05) is 19.3 Å². The second-order valence-corrected chi connectivity index (χ2v) is 5.45. The molecule has 86 valence electrons. The average molecular weight is 230 g/mol. The molecule has 2 fully saturated rings. The minimum atomic E-state index is 0.209. The fourth-order valence-corrected chi connectivity index (χ4v) is 2.93. The second kappa shape index (κ2) is 4.73. The molecule has 0 unspecified atom stereocenters. The highest BCUT2D eigenvalue weighted by Crippen LogP contribution is 2.38. The van der Waals surface area contributed by atoms with E-state index < -0.39 is 0 Å². The van der Waals surface area contributed by atoms with Gasteiger partial charge in [0.2, 0.25) is 5.91 Å². The molecule has 0 radical (unpaired) electrons.